The van der Waals surface area contributed by atoms with E-state index in [-0.39, 0.29) is 11.2 Å². The van der Waals surface area contributed by atoms with E-state index < -0.39 is 5.41 Å². The van der Waals surface area contributed by atoms with Crippen LogP contribution in [0, 0.1) is 29.1 Å². The van der Waals surface area contributed by atoms with Gasteiger partial charge >= 0.3 is 0 Å². The molecule has 0 spiro atoms. The van der Waals surface area contributed by atoms with Crippen LogP contribution in [0.3, 0.4) is 0 Å². The second kappa shape index (κ2) is 3.92. The molecule has 3 nitrogen and oxygen atoms in total. The summed E-state index contributed by atoms with van der Waals surface area (Å²) >= 11 is 1.54. The third-order valence-electron chi connectivity index (χ3n) is 3.56. The van der Waals surface area contributed by atoms with E-state index in [0.717, 1.165) is 17.1 Å². The highest BCUT2D eigenvalue weighted by atomic mass is 32.1. The summed E-state index contributed by atoms with van der Waals surface area (Å²) in [6.07, 6.45) is 1.93. The minimum atomic E-state index is -0.839. The molecule has 4 heteroatoms. The highest BCUT2D eigenvalue weighted by Crippen LogP contribution is 2.47. The molecule has 1 unspecified atom stereocenters. The molecule has 1 saturated carbocycles. The van der Waals surface area contributed by atoms with Crippen molar-refractivity contribution in [2.24, 2.45) is 10.8 Å². The highest BCUT2D eigenvalue weighted by Gasteiger charge is 2.52. The Morgan fingerprint density at radius 1 is 1.53 bits per heavy atom. The number of hydrogen-bond donors (Lipinski definition) is 0. The molecule has 0 aliphatic heterocycles. The van der Waals surface area contributed by atoms with Gasteiger partial charge in [0.25, 0.3) is 0 Å². The van der Waals surface area contributed by atoms with Gasteiger partial charge in [-0.3, -0.25) is 4.79 Å². The fraction of sp³-hybridized carbons (Fsp3) is 0.615. The number of aryl methyl sites for hydroxylation is 1. The van der Waals surface area contributed by atoms with Crippen LogP contribution in [0.1, 0.15) is 37.4 Å². The number of nitriles is 1. The molecule has 90 valence electrons. The molecule has 0 aromatic carbocycles. The molecule has 2 rings (SSSR count). The smallest absolute Gasteiger partial charge is 0.159 e. The van der Waals surface area contributed by atoms with Crippen LogP contribution < -0.4 is 0 Å². The number of carbonyl (C=O) groups excluding carboxylic acids is 1. The average molecular weight is 248 g/mol. The van der Waals surface area contributed by atoms with E-state index in [1.807, 2.05) is 26.2 Å². The maximum Gasteiger partial charge on any atom is 0.159 e. The molecule has 0 radical (unpaired) electrons. The lowest BCUT2D eigenvalue weighted by Crippen LogP contribution is -2.33. The lowest BCUT2D eigenvalue weighted by molar-refractivity contribution is -0.130. The number of thiazole rings is 1. The molecule has 1 heterocycles. The van der Waals surface area contributed by atoms with Gasteiger partial charge in [0.05, 0.1) is 11.1 Å². The second-order valence-corrected chi connectivity index (χ2v) is 6.41. The van der Waals surface area contributed by atoms with Crippen LogP contribution in [-0.4, -0.2) is 10.8 Å². The van der Waals surface area contributed by atoms with Crippen molar-refractivity contribution < 1.29 is 4.79 Å². The molecule has 1 aliphatic carbocycles. The van der Waals surface area contributed by atoms with Gasteiger partial charge in [0, 0.05) is 22.9 Å². The van der Waals surface area contributed by atoms with Gasteiger partial charge in [0.2, 0.25) is 0 Å². The molecule has 17 heavy (non-hydrogen) atoms. The summed E-state index contributed by atoms with van der Waals surface area (Å²) in [6, 6.07) is 2.26. The maximum absolute atomic E-state index is 12.3. The van der Waals surface area contributed by atoms with Crippen molar-refractivity contribution in [2.45, 2.75) is 40.0 Å². The Hall–Kier alpha value is -1.21. The van der Waals surface area contributed by atoms with Gasteiger partial charge in [-0.25, -0.2) is 4.98 Å². The summed E-state index contributed by atoms with van der Waals surface area (Å²) in [5.41, 5.74) is -0.238. The van der Waals surface area contributed by atoms with Crippen LogP contribution >= 0.6 is 11.3 Å². The Bertz CT molecular complexity index is 498. The number of aromatic nitrogens is 1. The van der Waals surface area contributed by atoms with Gasteiger partial charge in [0.1, 0.15) is 5.41 Å². The Morgan fingerprint density at radius 3 is 2.65 bits per heavy atom. The first-order valence-corrected chi connectivity index (χ1v) is 6.65. The summed E-state index contributed by atoms with van der Waals surface area (Å²) in [6.45, 7) is 5.79. The second-order valence-electron chi connectivity index (χ2n) is 5.47. The molecule has 0 saturated heterocycles. The molecular formula is C13H16N2OS. The minimum Gasteiger partial charge on any atom is -0.297 e. The molecule has 1 atom stereocenters. The Kier molecular flexibility index (Phi) is 2.82. The standard InChI is InChI=1S/C13H16N2OS/c1-9-7-17-10(15-9)6-13(8-14)5-4-12(2,3)11(13)16/h7H,4-6H2,1-3H3. The Morgan fingerprint density at radius 2 is 2.24 bits per heavy atom. The third kappa shape index (κ3) is 2.00. The van der Waals surface area contributed by atoms with E-state index in [1.54, 1.807) is 0 Å². The molecule has 1 aromatic heterocycles. The zero-order chi connectivity index (χ0) is 12.7. The predicted octanol–water partition coefficient (Wildman–Crippen LogP) is 2.89. The van der Waals surface area contributed by atoms with E-state index in [1.165, 1.54) is 11.3 Å². The number of carbonyl (C=O) groups is 1. The maximum atomic E-state index is 12.3. The summed E-state index contributed by atoms with van der Waals surface area (Å²) < 4.78 is 0. The van der Waals surface area contributed by atoms with Crippen molar-refractivity contribution in [3.05, 3.63) is 16.1 Å². The normalized spacial score (nSPS) is 27.1. The SMILES string of the molecule is Cc1csc(CC2(C#N)CCC(C)(C)C2=O)n1. The van der Waals surface area contributed by atoms with Crippen LogP contribution in [-0.2, 0) is 11.2 Å². The molecule has 0 N–H and O–H groups in total. The van der Waals surface area contributed by atoms with Gasteiger partial charge in [0.15, 0.2) is 5.78 Å². The first kappa shape index (κ1) is 12.3. The van der Waals surface area contributed by atoms with Crippen LogP contribution in [0.15, 0.2) is 5.38 Å². The van der Waals surface area contributed by atoms with Gasteiger partial charge in [-0.2, -0.15) is 5.26 Å². The first-order valence-electron chi connectivity index (χ1n) is 5.77. The van der Waals surface area contributed by atoms with E-state index in [2.05, 4.69) is 11.1 Å². The highest BCUT2D eigenvalue weighted by molar-refractivity contribution is 7.09. The van der Waals surface area contributed by atoms with Crippen molar-refractivity contribution >= 4 is 17.1 Å². The number of nitrogens with zero attached hydrogens (tertiary/aromatic N) is 2. The van der Waals surface area contributed by atoms with Crippen molar-refractivity contribution in [2.75, 3.05) is 0 Å². The first-order chi connectivity index (χ1) is 7.89. The summed E-state index contributed by atoms with van der Waals surface area (Å²) in [4.78, 5) is 16.7. The Labute approximate surface area is 105 Å². The topological polar surface area (TPSA) is 53.8 Å². The van der Waals surface area contributed by atoms with Crippen molar-refractivity contribution in [3.63, 3.8) is 0 Å². The van der Waals surface area contributed by atoms with Gasteiger partial charge < -0.3 is 0 Å². The quantitative estimate of drug-likeness (QED) is 0.808. The number of ketones is 1. The van der Waals surface area contributed by atoms with E-state index in [4.69, 9.17) is 0 Å². The van der Waals surface area contributed by atoms with Gasteiger partial charge in [-0.1, -0.05) is 13.8 Å². The molecule has 0 amide bonds. The lowest BCUT2D eigenvalue weighted by Gasteiger charge is -2.21. The molecule has 1 fully saturated rings. The van der Waals surface area contributed by atoms with Crippen molar-refractivity contribution in [1.29, 1.82) is 5.26 Å². The zero-order valence-corrected chi connectivity index (χ0v) is 11.2. The van der Waals surface area contributed by atoms with Crippen LogP contribution in [0.5, 0.6) is 0 Å². The lowest BCUT2D eigenvalue weighted by atomic mass is 9.79. The van der Waals surface area contributed by atoms with Crippen LogP contribution in [0.4, 0.5) is 0 Å². The van der Waals surface area contributed by atoms with Gasteiger partial charge in [-0.15, -0.1) is 11.3 Å². The summed E-state index contributed by atoms with van der Waals surface area (Å²) in [5.74, 6) is 0.0837. The predicted molar refractivity (Wildman–Crippen MR) is 66.6 cm³/mol. The Balaban J connectivity index is 2.29. The largest absolute Gasteiger partial charge is 0.297 e. The summed E-state index contributed by atoms with van der Waals surface area (Å²) in [5, 5.41) is 12.3. The molecule has 1 aliphatic rings. The van der Waals surface area contributed by atoms with E-state index in [0.29, 0.717) is 12.8 Å². The van der Waals surface area contributed by atoms with E-state index in [9.17, 15) is 10.1 Å². The van der Waals surface area contributed by atoms with Crippen molar-refractivity contribution in [1.82, 2.24) is 4.98 Å². The molecule has 0 bridgehead atoms. The van der Waals surface area contributed by atoms with Gasteiger partial charge in [-0.05, 0) is 19.8 Å². The molecular weight excluding hydrogens is 232 g/mol. The number of Topliss-reactive ketones (excluding diaryl/α,β-unsaturated/α-hetero) is 1. The fourth-order valence-electron chi connectivity index (χ4n) is 2.46. The number of hydrogen-bond acceptors (Lipinski definition) is 4. The van der Waals surface area contributed by atoms with Crippen LogP contribution in [0.25, 0.3) is 0 Å². The monoisotopic (exact) mass is 248 g/mol. The van der Waals surface area contributed by atoms with Crippen LogP contribution in [0.2, 0.25) is 0 Å². The third-order valence-corrected chi connectivity index (χ3v) is 4.53. The summed E-state index contributed by atoms with van der Waals surface area (Å²) in [7, 11) is 0. The minimum absolute atomic E-state index is 0.0837. The molecule has 1 aromatic rings. The van der Waals surface area contributed by atoms with E-state index >= 15 is 0 Å². The zero-order valence-electron chi connectivity index (χ0n) is 10.4. The fourth-order valence-corrected chi connectivity index (χ4v) is 3.34. The average Bonchev–Trinajstić information content (AvgIpc) is 2.77. The number of rotatable bonds is 2. The van der Waals surface area contributed by atoms with Crippen molar-refractivity contribution in [3.8, 4) is 6.07 Å².